The molecule has 0 saturated heterocycles. The van der Waals surface area contributed by atoms with Gasteiger partial charge in [0, 0.05) is 12.1 Å². The van der Waals surface area contributed by atoms with Crippen molar-refractivity contribution in [2.24, 2.45) is 0 Å². The molecule has 0 fully saturated rings. The maximum Gasteiger partial charge on any atom is 0.258 e. The first-order chi connectivity index (χ1) is 13.0. The predicted octanol–water partition coefficient (Wildman–Crippen LogP) is 2.42. The van der Waals surface area contributed by atoms with Gasteiger partial charge in [0.15, 0.2) is 23.0 Å². The molecule has 0 radical (unpaired) electrons. The second-order valence-electron chi connectivity index (χ2n) is 6.65. The summed E-state index contributed by atoms with van der Waals surface area (Å²) in [5.74, 6) is 0.782. The second kappa shape index (κ2) is 6.26. The third-order valence-corrected chi connectivity index (χ3v) is 5.44. The quantitative estimate of drug-likeness (QED) is 0.806. The minimum Gasteiger partial charge on any atom is -0.504 e. The van der Waals surface area contributed by atoms with E-state index >= 15 is 0 Å². The van der Waals surface area contributed by atoms with Gasteiger partial charge in [0.2, 0.25) is 5.75 Å². The van der Waals surface area contributed by atoms with Gasteiger partial charge in [-0.05, 0) is 36.1 Å². The number of hydrogen-bond donors (Lipinski definition) is 2. The summed E-state index contributed by atoms with van der Waals surface area (Å²) >= 11 is 0. The van der Waals surface area contributed by atoms with Gasteiger partial charge < -0.3 is 29.3 Å². The molecule has 7 nitrogen and oxygen atoms in total. The molecule has 4 rings (SSSR count). The van der Waals surface area contributed by atoms with Gasteiger partial charge in [-0.25, -0.2) is 0 Å². The number of phenolic OH excluding ortho intramolecular Hbond substituents is 2. The van der Waals surface area contributed by atoms with E-state index in [9.17, 15) is 15.0 Å². The third kappa shape index (κ3) is 2.38. The Balaban J connectivity index is 1.89. The normalized spacial score (nSPS) is 17.7. The van der Waals surface area contributed by atoms with Gasteiger partial charge in [-0.2, -0.15) is 0 Å². The topological polar surface area (TPSA) is 88.5 Å². The van der Waals surface area contributed by atoms with Crippen molar-refractivity contribution >= 4 is 5.91 Å². The number of ether oxygens (including phenoxy) is 3. The van der Waals surface area contributed by atoms with Gasteiger partial charge in [0.05, 0.1) is 32.9 Å². The standard InChI is InChI=1S/C20H21NO6/c1-25-15-9-12-11(18(26-2)19(15)27-3)6-7-21-13(12)8-10-4-5-14(22)17(23)16(10)20(21)24/h4-5,9,13,22-23H,6-8H2,1-3H3/t13-/m0/s1. The van der Waals surface area contributed by atoms with Crippen molar-refractivity contribution in [3.8, 4) is 28.7 Å². The molecule has 0 bridgehead atoms. The lowest BCUT2D eigenvalue weighted by atomic mass is 9.82. The molecule has 27 heavy (non-hydrogen) atoms. The summed E-state index contributed by atoms with van der Waals surface area (Å²) in [5.41, 5.74) is 2.83. The second-order valence-corrected chi connectivity index (χ2v) is 6.65. The van der Waals surface area contributed by atoms with Crippen LogP contribution < -0.4 is 14.2 Å². The van der Waals surface area contributed by atoms with E-state index < -0.39 is 0 Å². The van der Waals surface area contributed by atoms with Crippen LogP contribution in [0.5, 0.6) is 28.7 Å². The zero-order valence-electron chi connectivity index (χ0n) is 15.4. The van der Waals surface area contributed by atoms with Crippen LogP contribution in [0.4, 0.5) is 0 Å². The summed E-state index contributed by atoms with van der Waals surface area (Å²) in [6, 6.07) is 4.79. The van der Waals surface area contributed by atoms with Crippen LogP contribution in [0.25, 0.3) is 0 Å². The lowest BCUT2D eigenvalue weighted by molar-refractivity contribution is 0.0625. The first-order valence-electron chi connectivity index (χ1n) is 8.68. The number of carbonyl (C=O) groups excluding carboxylic acids is 1. The fraction of sp³-hybridized carbons (Fsp3) is 0.350. The summed E-state index contributed by atoms with van der Waals surface area (Å²) in [6.07, 6.45) is 1.12. The van der Waals surface area contributed by atoms with Crippen LogP contribution in [0, 0.1) is 0 Å². The highest BCUT2D eigenvalue weighted by Crippen LogP contribution is 2.49. The van der Waals surface area contributed by atoms with Gasteiger partial charge >= 0.3 is 0 Å². The molecule has 0 saturated carbocycles. The van der Waals surface area contributed by atoms with Gasteiger partial charge in [0.1, 0.15) is 0 Å². The van der Waals surface area contributed by atoms with E-state index in [1.807, 2.05) is 6.07 Å². The Hall–Kier alpha value is -3.09. The number of carbonyl (C=O) groups is 1. The lowest BCUT2D eigenvalue weighted by Crippen LogP contribution is -2.44. The van der Waals surface area contributed by atoms with Gasteiger partial charge in [-0.15, -0.1) is 0 Å². The number of rotatable bonds is 3. The Morgan fingerprint density at radius 3 is 2.48 bits per heavy atom. The first kappa shape index (κ1) is 17.3. The van der Waals surface area contributed by atoms with Crippen LogP contribution in [-0.2, 0) is 12.8 Å². The molecule has 0 unspecified atom stereocenters. The van der Waals surface area contributed by atoms with E-state index in [0.29, 0.717) is 42.2 Å². The summed E-state index contributed by atoms with van der Waals surface area (Å²) in [5, 5.41) is 20.0. The van der Waals surface area contributed by atoms with Crippen molar-refractivity contribution < 1.29 is 29.2 Å². The van der Waals surface area contributed by atoms with Crippen molar-refractivity contribution in [2.75, 3.05) is 27.9 Å². The summed E-state index contributed by atoms with van der Waals surface area (Å²) < 4.78 is 16.6. The number of benzene rings is 2. The summed E-state index contributed by atoms with van der Waals surface area (Å²) in [4.78, 5) is 14.8. The molecule has 0 spiro atoms. The molecule has 142 valence electrons. The van der Waals surface area contributed by atoms with Crippen LogP contribution in [-0.4, -0.2) is 48.9 Å². The molecule has 7 heteroatoms. The number of phenols is 2. The molecule has 2 aromatic carbocycles. The van der Waals surface area contributed by atoms with Gasteiger partial charge in [-0.1, -0.05) is 6.07 Å². The molecule has 0 aliphatic carbocycles. The van der Waals surface area contributed by atoms with Crippen LogP contribution in [0.1, 0.15) is 33.1 Å². The van der Waals surface area contributed by atoms with E-state index in [1.54, 1.807) is 32.3 Å². The van der Waals surface area contributed by atoms with Crippen molar-refractivity contribution in [1.82, 2.24) is 4.90 Å². The number of nitrogens with zero attached hydrogens (tertiary/aromatic N) is 1. The number of fused-ring (bicyclic) bond motifs is 4. The average Bonchev–Trinajstić information content (AvgIpc) is 2.68. The van der Waals surface area contributed by atoms with E-state index in [4.69, 9.17) is 14.2 Å². The number of amides is 1. The highest BCUT2D eigenvalue weighted by atomic mass is 16.5. The molecule has 2 aromatic rings. The Morgan fingerprint density at radius 2 is 1.81 bits per heavy atom. The Morgan fingerprint density at radius 1 is 1.07 bits per heavy atom. The number of aromatic hydroxyl groups is 2. The van der Waals surface area contributed by atoms with Crippen molar-refractivity contribution in [3.05, 3.63) is 40.5 Å². The molecule has 0 aromatic heterocycles. The monoisotopic (exact) mass is 371 g/mol. The van der Waals surface area contributed by atoms with Crippen molar-refractivity contribution in [3.63, 3.8) is 0 Å². The molecule has 1 amide bonds. The van der Waals surface area contributed by atoms with Gasteiger partial charge in [0.25, 0.3) is 5.91 Å². The average molecular weight is 371 g/mol. The highest BCUT2D eigenvalue weighted by molar-refractivity contribution is 6.00. The maximum atomic E-state index is 13.0. The molecule has 1 atom stereocenters. The molecular weight excluding hydrogens is 350 g/mol. The first-order valence-corrected chi connectivity index (χ1v) is 8.68. The van der Waals surface area contributed by atoms with Crippen molar-refractivity contribution in [2.45, 2.75) is 18.9 Å². The molecule has 2 N–H and O–H groups in total. The Kier molecular flexibility index (Phi) is 4.02. The van der Waals surface area contributed by atoms with E-state index in [-0.39, 0.29) is 29.0 Å². The summed E-state index contributed by atoms with van der Waals surface area (Å²) in [6.45, 7) is 0.483. The molecule has 2 aliphatic heterocycles. The highest BCUT2D eigenvalue weighted by Gasteiger charge is 2.40. The van der Waals surface area contributed by atoms with Crippen LogP contribution >= 0.6 is 0 Å². The lowest BCUT2D eigenvalue weighted by Gasteiger charge is -2.42. The van der Waals surface area contributed by atoms with Crippen LogP contribution in [0.15, 0.2) is 18.2 Å². The molecule has 2 aliphatic rings. The third-order valence-electron chi connectivity index (χ3n) is 5.44. The summed E-state index contributed by atoms with van der Waals surface area (Å²) in [7, 11) is 4.72. The fourth-order valence-corrected chi connectivity index (χ4v) is 4.19. The zero-order valence-corrected chi connectivity index (χ0v) is 15.4. The van der Waals surface area contributed by atoms with Gasteiger partial charge in [-0.3, -0.25) is 4.79 Å². The van der Waals surface area contributed by atoms with E-state index in [1.165, 1.54) is 6.07 Å². The SMILES string of the molecule is COc1cc2c(c(OC)c1OC)CCN1C(=O)c3c(ccc(O)c3O)C[C@@H]21. The van der Waals surface area contributed by atoms with Crippen LogP contribution in [0.3, 0.4) is 0 Å². The van der Waals surface area contributed by atoms with E-state index in [0.717, 1.165) is 11.1 Å². The fourth-order valence-electron chi connectivity index (χ4n) is 4.19. The number of hydrogen-bond acceptors (Lipinski definition) is 6. The molecule has 2 heterocycles. The number of methoxy groups -OCH3 is 3. The largest absolute Gasteiger partial charge is 0.504 e. The zero-order chi connectivity index (χ0) is 19.3. The smallest absolute Gasteiger partial charge is 0.258 e. The minimum atomic E-state index is -0.355. The Labute approximate surface area is 156 Å². The maximum absolute atomic E-state index is 13.0. The van der Waals surface area contributed by atoms with E-state index in [2.05, 4.69) is 0 Å². The predicted molar refractivity (Wildman–Crippen MR) is 97.1 cm³/mol. The minimum absolute atomic E-state index is 0.183. The van der Waals surface area contributed by atoms with Crippen LogP contribution in [0.2, 0.25) is 0 Å². The Bertz CT molecular complexity index is 939. The van der Waals surface area contributed by atoms with Crippen molar-refractivity contribution in [1.29, 1.82) is 0 Å². The molecular formula is C20H21NO6.